The summed E-state index contributed by atoms with van der Waals surface area (Å²) in [7, 11) is 0. The van der Waals surface area contributed by atoms with Crippen molar-refractivity contribution in [3.05, 3.63) is 94.5 Å². The van der Waals surface area contributed by atoms with Gasteiger partial charge in [0.05, 0.1) is 17.8 Å². The highest BCUT2D eigenvalue weighted by molar-refractivity contribution is 7.80. The molecule has 1 saturated heterocycles. The number of thiocarbonyl (C=S) groups is 1. The van der Waals surface area contributed by atoms with E-state index < -0.39 is 0 Å². The highest BCUT2D eigenvalue weighted by atomic mass is 32.1. The standard InChI is InChI=1S/C27H28N6OS2/c1-17-8-4-5-9-21(17)30-23(34)11-14-32-25(24(31-26(32)35)22-10-6-7-12-28-22)20-16-18(2)33(19(20)3)27-29-13-15-36-27/h4-10,12-13,15-16,24-25H,11,14H2,1-3H3,(H,30,34)(H,31,35)/t24-,25+/m1/s1. The Morgan fingerprint density at radius 2 is 1.92 bits per heavy atom. The molecular weight excluding hydrogens is 488 g/mol. The Kier molecular flexibility index (Phi) is 6.84. The van der Waals surface area contributed by atoms with Gasteiger partial charge in [-0.25, -0.2) is 4.98 Å². The Hall–Kier alpha value is -3.56. The number of benzene rings is 1. The van der Waals surface area contributed by atoms with Crippen molar-refractivity contribution in [1.82, 2.24) is 24.8 Å². The Morgan fingerprint density at radius 3 is 2.64 bits per heavy atom. The van der Waals surface area contributed by atoms with E-state index in [9.17, 15) is 4.79 Å². The van der Waals surface area contributed by atoms with Crippen LogP contribution in [0.2, 0.25) is 0 Å². The molecule has 1 amide bonds. The van der Waals surface area contributed by atoms with Crippen molar-refractivity contribution in [1.29, 1.82) is 0 Å². The van der Waals surface area contributed by atoms with E-state index in [1.807, 2.05) is 61.0 Å². The molecule has 1 aliphatic heterocycles. The topological polar surface area (TPSA) is 75.1 Å². The SMILES string of the molecule is Cc1ccccc1NC(=O)CCN1C(=S)N[C@H](c2ccccn2)[C@@H]1c1cc(C)n(-c2nccs2)c1C. The molecule has 0 unspecified atom stereocenters. The van der Waals surface area contributed by atoms with E-state index in [1.54, 1.807) is 17.5 Å². The first-order valence-corrected chi connectivity index (χ1v) is 13.1. The summed E-state index contributed by atoms with van der Waals surface area (Å²) in [6.45, 7) is 6.68. The van der Waals surface area contributed by atoms with Crippen molar-refractivity contribution in [2.24, 2.45) is 0 Å². The van der Waals surface area contributed by atoms with Gasteiger partial charge in [0, 0.05) is 47.8 Å². The Labute approximate surface area is 220 Å². The molecule has 0 aliphatic carbocycles. The lowest BCUT2D eigenvalue weighted by atomic mass is 9.96. The van der Waals surface area contributed by atoms with Crippen LogP contribution in [0.1, 0.15) is 46.7 Å². The van der Waals surface area contributed by atoms with Gasteiger partial charge in [-0.3, -0.25) is 14.3 Å². The molecule has 4 heterocycles. The van der Waals surface area contributed by atoms with Crippen molar-refractivity contribution in [3.63, 3.8) is 0 Å². The molecule has 0 bridgehead atoms. The average Bonchev–Trinajstić information content (AvgIpc) is 3.58. The number of nitrogens with one attached hydrogen (secondary N) is 2. The highest BCUT2D eigenvalue weighted by Crippen LogP contribution is 2.41. The lowest BCUT2D eigenvalue weighted by Crippen LogP contribution is -2.33. The fraction of sp³-hybridized carbons (Fsp3) is 0.259. The van der Waals surface area contributed by atoms with E-state index in [1.165, 1.54) is 0 Å². The third-order valence-electron chi connectivity index (χ3n) is 6.60. The van der Waals surface area contributed by atoms with E-state index in [-0.39, 0.29) is 18.0 Å². The molecule has 1 aromatic carbocycles. The van der Waals surface area contributed by atoms with Crippen LogP contribution in [0.5, 0.6) is 0 Å². The molecule has 0 radical (unpaired) electrons. The summed E-state index contributed by atoms with van der Waals surface area (Å²) in [5.41, 5.74) is 6.13. The van der Waals surface area contributed by atoms with E-state index in [0.29, 0.717) is 18.1 Å². The third-order valence-corrected chi connectivity index (χ3v) is 7.71. The average molecular weight is 517 g/mol. The Morgan fingerprint density at radius 1 is 1.11 bits per heavy atom. The van der Waals surface area contributed by atoms with E-state index in [0.717, 1.165) is 39.0 Å². The smallest absolute Gasteiger partial charge is 0.226 e. The summed E-state index contributed by atoms with van der Waals surface area (Å²) in [4.78, 5) is 24.2. The number of rotatable bonds is 7. The van der Waals surface area contributed by atoms with E-state index in [4.69, 9.17) is 12.2 Å². The summed E-state index contributed by atoms with van der Waals surface area (Å²) in [6.07, 6.45) is 3.93. The minimum atomic E-state index is -0.136. The molecule has 36 heavy (non-hydrogen) atoms. The fourth-order valence-electron chi connectivity index (χ4n) is 4.84. The van der Waals surface area contributed by atoms with Gasteiger partial charge in [0.1, 0.15) is 0 Å². The largest absolute Gasteiger partial charge is 0.352 e. The molecule has 184 valence electrons. The van der Waals surface area contributed by atoms with Crippen LogP contribution < -0.4 is 10.6 Å². The molecule has 0 spiro atoms. The second kappa shape index (κ2) is 10.2. The number of hydrogen-bond acceptors (Lipinski definition) is 5. The molecule has 5 rings (SSSR count). The lowest BCUT2D eigenvalue weighted by molar-refractivity contribution is -0.116. The van der Waals surface area contributed by atoms with Crippen LogP contribution in [-0.4, -0.2) is 37.0 Å². The Balaban J connectivity index is 1.46. The van der Waals surface area contributed by atoms with Crippen molar-refractivity contribution < 1.29 is 4.79 Å². The van der Waals surface area contributed by atoms with Crippen LogP contribution in [0.15, 0.2) is 66.3 Å². The zero-order chi connectivity index (χ0) is 25.2. The first-order valence-electron chi connectivity index (χ1n) is 11.9. The molecule has 9 heteroatoms. The van der Waals surface area contributed by atoms with Gasteiger partial charge in [-0.2, -0.15) is 0 Å². The van der Waals surface area contributed by atoms with Crippen molar-refractivity contribution in [2.45, 2.75) is 39.3 Å². The maximum absolute atomic E-state index is 12.9. The quantitative estimate of drug-likeness (QED) is 0.327. The third kappa shape index (κ3) is 4.64. The molecule has 4 aromatic rings. The zero-order valence-corrected chi connectivity index (χ0v) is 22.1. The van der Waals surface area contributed by atoms with E-state index in [2.05, 4.69) is 50.0 Å². The number of pyridine rings is 1. The van der Waals surface area contributed by atoms with Gasteiger partial charge in [-0.15, -0.1) is 11.3 Å². The summed E-state index contributed by atoms with van der Waals surface area (Å²) in [5, 5.41) is 10.1. The summed E-state index contributed by atoms with van der Waals surface area (Å²) < 4.78 is 2.18. The second-order valence-corrected chi connectivity index (χ2v) is 10.2. The van der Waals surface area contributed by atoms with Crippen LogP contribution in [0.25, 0.3) is 5.13 Å². The van der Waals surface area contributed by atoms with Gasteiger partial charge in [0.15, 0.2) is 10.2 Å². The van der Waals surface area contributed by atoms with Gasteiger partial charge < -0.3 is 15.5 Å². The maximum Gasteiger partial charge on any atom is 0.226 e. The minimum absolute atomic E-state index is 0.0413. The normalized spacial score (nSPS) is 17.3. The molecule has 2 N–H and O–H groups in total. The van der Waals surface area contributed by atoms with Crippen molar-refractivity contribution in [2.75, 3.05) is 11.9 Å². The van der Waals surface area contributed by atoms with Crippen LogP contribution in [0, 0.1) is 20.8 Å². The molecule has 1 fully saturated rings. The number of amides is 1. The first-order chi connectivity index (χ1) is 17.4. The lowest BCUT2D eigenvalue weighted by Gasteiger charge is -2.28. The number of aromatic nitrogens is 3. The number of aryl methyl sites for hydroxylation is 2. The molecule has 1 aliphatic rings. The van der Waals surface area contributed by atoms with Gasteiger partial charge in [-0.1, -0.05) is 24.3 Å². The molecule has 2 atom stereocenters. The zero-order valence-electron chi connectivity index (χ0n) is 20.4. The van der Waals surface area contributed by atoms with Crippen LogP contribution in [-0.2, 0) is 4.79 Å². The predicted molar refractivity (Wildman–Crippen MR) is 147 cm³/mol. The monoisotopic (exact) mass is 516 g/mol. The van der Waals surface area contributed by atoms with Crippen molar-refractivity contribution >= 4 is 40.3 Å². The highest BCUT2D eigenvalue weighted by Gasteiger charge is 2.41. The number of para-hydroxylation sites is 1. The first kappa shape index (κ1) is 24.1. The Bertz CT molecular complexity index is 1380. The van der Waals surface area contributed by atoms with Crippen LogP contribution in [0.3, 0.4) is 0 Å². The van der Waals surface area contributed by atoms with Gasteiger partial charge in [0.25, 0.3) is 0 Å². The van der Waals surface area contributed by atoms with Crippen LogP contribution in [0.4, 0.5) is 5.69 Å². The predicted octanol–water partition coefficient (Wildman–Crippen LogP) is 5.26. The van der Waals surface area contributed by atoms with Gasteiger partial charge in [-0.05, 0) is 68.4 Å². The molecule has 7 nitrogen and oxygen atoms in total. The number of carbonyl (C=O) groups is 1. The number of hydrogen-bond donors (Lipinski definition) is 2. The fourth-order valence-corrected chi connectivity index (χ4v) is 5.92. The second-order valence-electron chi connectivity index (χ2n) is 8.91. The molecular formula is C27H28N6OS2. The van der Waals surface area contributed by atoms with Crippen molar-refractivity contribution in [3.8, 4) is 5.13 Å². The number of nitrogens with zero attached hydrogens (tertiary/aromatic N) is 4. The summed E-state index contributed by atoms with van der Waals surface area (Å²) >= 11 is 7.40. The molecule has 3 aromatic heterocycles. The van der Waals surface area contributed by atoms with Crippen LogP contribution >= 0.6 is 23.6 Å². The number of carbonyl (C=O) groups excluding carboxylic acids is 1. The summed E-state index contributed by atoms with van der Waals surface area (Å²) in [5.74, 6) is -0.0413. The van der Waals surface area contributed by atoms with Gasteiger partial charge in [0.2, 0.25) is 5.91 Å². The van der Waals surface area contributed by atoms with E-state index >= 15 is 0 Å². The molecule has 0 saturated carbocycles. The van der Waals surface area contributed by atoms with Gasteiger partial charge >= 0.3 is 0 Å². The number of anilines is 1. The minimum Gasteiger partial charge on any atom is -0.352 e. The number of thiazole rings is 1. The maximum atomic E-state index is 12.9. The summed E-state index contributed by atoms with van der Waals surface area (Å²) in [6, 6.07) is 15.7.